The molecule has 4 rings (SSSR count). The predicted octanol–water partition coefficient (Wildman–Crippen LogP) is 4.66. The zero-order valence-corrected chi connectivity index (χ0v) is 18.9. The van der Waals surface area contributed by atoms with Crippen LogP contribution in [0.2, 0.25) is 0 Å². The third kappa shape index (κ3) is 4.88. The Balaban J connectivity index is 1.24. The molecule has 3 heterocycles. The van der Waals surface area contributed by atoms with Crippen LogP contribution < -0.4 is 0 Å². The molecule has 1 saturated heterocycles. The summed E-state index contributed by atoms with van der Waals surface area (Å²) < 4.78 is 1.84. The van der Waals surface area contributed by atoms with E-state index in [1.165, 1.54) is 51.7 Å². The molecule has 1 saturated carbocycles. The third-order valence-corrected chi connectivity index (χ3v) is 7.05. The van der Waals surface area contributed by atoms with Gasteiger partial charge in [-0.25, -0.2) is 0 Å². The fourth-order valence-corrected chi connectivity index (χ4v) is 5.22. The minimum Gasteiger partial charge on any atom is -0.303 e. The number of likely N-dealkylation sites (tertiary alicyclic amines) is 1. The van der Waals surface area contributed by atoms with Gasteiger partial charge in [-0.1, -0.05) is 20.8 Å². The Bertz CT molecular complexity index is 814. The Morgan fingerprint density at radius 2 is 1.83 bits per heavy atom. The SMILES string of the molecule is Cc1nn(C)cc1-c1ccc(CC2CC3(CCN(CCC(C)(C)C)CC3)C2)nn1. The average molecular weight is 396 g/mol. The molecule has 0 amide bonds. The molecule has 1 aliphatic carbocycles. The number of piperidine rings is 1. The summed E-state index contributed by atoms with van der Waals surface area (Å²) in [5.41, 5.74) is 5.22. The van der Waals surface area contributed by atoms with Crippen molar-refractivity contribution in [2.75, 3.05) is 19.6 Å². The first-order valence-corrected chi connectivity index (χ1v) is 11.3. The molecule has 0 atom stereocenters. The maximum atomic E-state index is 4.52. The monoisotopic (exact) mass is 395 g/mol. The molecular formula is C24H37N5. The highest BCUT2D eigenvalue weighted by Gasteiger charge is 2.45. The van der Waals surface area contributed by atoms with Gasteiger partial charge in [-0.05, 0) is 94.0 Å². The zero-order chi connectivity index (χ0) is 20.6. The number of aromatic nitrogens is 4. The fraction of sp³-hybridized carbons (Fsp3) is 0.708. The second-order valence-electron chi connectivity index (χ2n) is 10.8. The highest BCUT2D eigenvalue weighted by Crippen LogP contribution is 2.53. The van der Waals surface area contributed by atoms with Gasteiger partial charge < -0.3 is 4.90 Å². The molecule has 1 spiro atoms. The molecule has 0 aromatic carbocycles. The molecule has 2 fully saturated rings. The Hall–Kier alpha value is -1.75. The second-order valence-corrected chi connectivity index (χ2v) is 10.8. The highest BCUT2D eigenvalue weighted by molar-refractivity contribution is 5.60. The summed E-state index contributed by atoms with van der Waals surface area (Å²) in [6, 6.07) is 4.27. The van der Waals surface area contributed by atoms with Crippen molar-refractivity contribution >= 4 is 0 Å². The molecule has 5 heteroatoms. The first-order valence-electron chi connectivity index (χ1n) is 11.3. The lowest BCUT2D eigenvalue weighted by molar-refractivity contribution is -0.0149. The fourth-order valence-electron chi connectivity index (χ4n) is 5.22. The number of nitrogens with zero attached hydrogens (tertiary/aromatic N) is 5. The van der Waals surface area contributed by atoms with E-state index >= 15 is 0 Å². The quantitative estimate of drug-likeness (QED) is 0.739. The van der Waals surface area contributed by atoms with Crippen molar-refractivity contribution in [3.05, 3.63) is 29.7 Å². The van der Waals surface area contributed by atoms with E-state index in [9.17, 15) is 0 Å². The number of hydrogen-bond acceptors (Lipinski definition) is 4. The van der Waals surface area contributed by atoms with Gasteiger partial charge in [0.25, 0.3) is 0 Å². The summed E-state index contributed by atoms with van der Waals surface area (Å²) in [6.45, 7) is 12.9. The number of rotatable bonds is 5. The molecular weight excluding hydrogens is 358 g/mol. The standard InChI is InChI=1S/C24H37N5/c1-18-21(17-28(5)27-18)22-7-6-20(25-26-22)14-19-15-24(16-19)9-12-29(13-10-24)11-8-23(2,3)4/h6-7,17,19H,8-16H2,1-5H3. The summed E-state index contributed by atoms with van der Waals surface area (Å²) >= 11 is 0. The van der Waals surface area contributed by atoms with E-state index < -0.39 is 0 Å². The molecule has 0 unspecified atom stereocenters. The lowest BCUT2D eigenvalue weighted by atomic mass is 9.56. The van der Waals surface area contributed by atoms with Gasteiger partial charge >= 0.3 is 0 Å². The topological polar surface area (TPSA) is 46.8 Å². The van der Waals surface area contributed by atoms with Gasteiger partial charge in [-0.3, -0.25) is 4.68 Å². The zero-order valence-electron chi connectivity index (χ0n) is 18.9. The predicted molar refractivity (Wildman–Crippen MR) is 118 cm³/mol. The molecule has 0 N–H and O–H groups in total. The summed E-state index contributed by atoms with van der Waals surface area (Å²) in [4.78, 5) is 2.69. The molecule has 2 aliphatic rings. The second kappa shape index (κ2) is 7.82. The summed E-state index contributed by atoms with van der Waals surface area (Å²) in [5, 5.41) is 13.4. The van der Waals surface area contributed by atoms with E-state index in [-0.39, 0.29) is 0 Å². The van der Waals surface area contributed by atoms with Crippen LogP contribution in [0.5, 0.6) is 0 Å². The smallest absolute Gasteiger partial charge is 0.0964 e. The summed E-state index contributed by atoms with van der Waals surface area (Å²) in [6.07, 6.45) is 9.93. The Morgan fingerprint density at radius 1 is 1.10 bits per heavy atom. The molecule has 2 aromatic heterocycles. The van der Waals surface area contributed by atoms with Crippen LogP contribution in [0.15, 0.2) is 18.3 Å². The van der Waals surface area contributed by atoms with Crippen LogP contribution in [0, 0.1) is 23.7 Å². The highest BCUT2D eigenvalue weighted by atomic mass is 15.3. The minimum atomic E-state index is 0.447. The maximum Gasteiger partial charge on any atom is 0.0964 e. The molecule has 29 heavy (non-hydrogen) atoms. The van der Waals surface area contributed by atoms with E-state index in [1.807, 2.05) is 24.9 Å². The van der Waals surface area contributed by atoms with Gasteiger partial charge in [-0.2, -0.15) is 15.3 Å². The van der Waals surface area contributed by atoms with Crippen molar-refractivity contribution in [2.45, 2.75) is 66.2 Å². The van der Waals surface area contributed by atoms with Crippen LogP contribution in [0.4, 0.5) is 0 Å². The van der Waals surface area contributed by atoms with Crippen molar-refractivity contribution < 1.29 is 0 Å². The first-order chi connectivity index (χ1) is 13.7. The van der Waals surface area contributed by atoms with Gasteiger partial charge in [0.15, 0.2) is 0 Å². The van der Waals surface area contributed by atoms with Gasteiger partial charge in [0.05, 0.1) is 17.1 Å². The summed E-state index contributed by atoms with van der Waals surface area (Å²) in [7, 11) is 1.94. The van der Waals surface area contributed by atoms with E-state index in [2.05, 4.69) is 53.1 Å². The van der Waals surface area contributed by atoms with E-state index in [0.29, 0.717) is 10.8 Å². The largest absolute Gasteiger partial charge is 0.303 e. The number of hydrogen-bond donors (Lipinski definition) is 0. The van der Waals surface area contributed by atoms with Crippen LogP contribution in [-0.4, -0.2) is 44.5 Å². The van der Waals surface area contributed by atoms with Crippen molar-refractivity contribution in [3.8, 4) is 11.3 Å². The normalized spacial score (nSPS) is 20.2. The molecule has 0 bridgehead atoms. The van der Waals surface area contributed by atoms with Crippen molar-refractivity contribution in [1.29, 1.82) is 0 Å². The van der Waals surface area contributed by atoms with Crippen molar-refractivity contribution in [3.63, 3.8) is 0 Å². The molecule has 158 valence electrons. The van der Waals surface area contributed by atoms with Gasteiger partial charge in [-0.15, -0.1) is 0 Å². The number of aryl methyl sites for hydroxylation is 2. The van der Waals surface area contributed by atoms with Gasteiger partial charge in [0.2, 0.25) is 0 Å². The van der Waals surface area contributed by atoms with Crippen molar-refractivity contribution in [2.24, 2.45) is 23.8 Å². The van der Waals surface area contributed by atoms with Gasteiger partial charge in [0.1, 0.15) is 0 Å². The van der Waals surface area contributed by atoms with Crippen LogP contribution in [0.1, 0.15) is 64.3 Å². The van der Waals surface area contributed by atoms with Gasteiger partial charge in [0, 0.05) is 18.8 Å². The lowest BCUT2D eigenvalue weighted by Crippen LogP contribution is -2.48. The molecule has 1 aliphatic heterocycles. The maximum absolute atomic E-state index is 4.52. The van der Waals surface area contributed by atoms with E-state index in [0.717, 1.165) is 35.0 Å². The average Bonchev–Trinajstić information content (AvgIpc) is 2.98. The third-order valence-electron chi connectivity index (χ3n) is 7.05. The van der Waals surface area contributed by atoms with Crippen LogP contribution in [0.3, 0.4) is 0 Å². The molecule has 2 aromatic rings. The molecule has 5 nitrogen and oxygen atoms in total. The first kappa shape index (κ1) is 20.5. The van der Waals surface area contributed by atoms with Crippen molar-refractivity contribution in [1.82, 2.24) is 24.9 Å². The van der Waals surface area contributed by atoms with Crippen LogP contribution in [-0.2, 0) is 13.5 Å². The van der Waals surface area contributed by atoms with Crippen LogP contribution in [0.25, 0.3) is 11.3 Å². The van der Waals surface area contributed by atoms with E-state index in [1.54, 1.807) is 0 Å². The Kier molecular flexibility index (Phi) is 5.54. The minimum absolute atomic E-state index is 0.447. The van der Waals surface area contributed by atoms with Crippen LogP contribution >= 0.6 is 0 Å². The molecule has 0 radical (unpaired) electrons. The summed E-state index contributed by atoms with van der Waals surface area (Å²) in [5.74, 6) is 0.788. The Morgan fingerprint density at radius 3 is 2.38 bits per heavy atom. The Labute approximate surface area is 175 Å². The lowest BCUT2D eigenvalue weighted by Gasteiger charge is -2.52. The van der Waals surface area contributed by atoms with E-state index in [4.69, 9.17) is 0 Å².